The SMILES string of the molecule is O=[N+]([O-])c1ccc(-c2ccccc2C(F)(F)F)c(F)c1. The average Bonchev–Trinajstić information content (AvgIpc) is 2.37. The van der Waals surface area contributed by atoms with Crippen LogP contribution in [0.25, 0.3) is 11.1 Å². The Hall–Kier alpha value is -2.44. The molecular weight excluding hydrogens is 278 g/mol. The van der Waals surface area contributed by atoms with Crippen LogP contribution in [0.1, 0.15) is 5.56 Å². The second kappa shape index (κ2) is 4.92. The van der Waals surface area contributed by atoms with E-state index < -0.39 is 28.2 Å². The van der Waals surface area contributed by atoms with E-state index in [1.807, 2.05) is 0 Å². The van der Waals surface area contributed by atoms with Gasteiger partial charge in [0, 0.05) is 11.6 Å². The number of alkyl halides is 3. The highest BCUT2D eigenvalue weighted by molar-refractivity contribution is 5.69. The van der Waals surface area contributed by atoms with Crippen LogP contribution >= 0.6 is 0 Å². The molecule has 0 spiro atoms. The zero-order chi connectivity index (χ0) is 14.9. The molecule has 0 radical (unpaired) electrons. The number of hydrogen-bond acceptors (Lipinski definition) is 2. The fourth-order valence-electron chi connectivity index (χ4n) is 1.80. The Morgan fingerprint density at radius 1 is 1.00 bits per heavy atom. The highest BCUT2D eigenvalue weighted by Crippen LogP contribution is 2.38. The number of benzene rings is 2. The summed E-state index contributed by atoms with van der Waals surface area (Å²) in [6.07, 6.45) is -4.63. The second-order valence-corrected chi connectivity index (χ2v) is 3.96. The monoisotopic (exact) mass is 285 g/mol. The summed E-state index contributed by atoms with van der Waals surface area (Å²) >= 11 is 0. The van der Waals surface area contributed by atoms with Gasteiger partial charge in [0.05, 0.1) is 16.6 Å². The molecule has 7 heteroatoms. The predicted octanol–water partition coefficient (Wildman–Crippen LogP) is 4.42. The van der Waals surface area contributed by atoms with Crippen molar-refractivity contribution in [2.24, 2.45) is 0 Å². The lowest BCUT2D eigenvalue weighted by molar-refractivity contribution is -0.385. The maximum absolute atomic E-state index is 13.8. The van der Waals surface area contributed by atoms with Crippen molar-refractivity contribution in [1.82, 2.24) is 0 Å². The van der Waals surface area contributed by atoms with Gasteiger partial charge in [-0.25, -0.2) is 4.39 Å². The van der Waals surface area contributed by atoms with Gasteiger partial charge in [-0.15, -0.1) is 0 Å². The quantitative estimate of drug-likeness (QED) is 0.465. The Balaban J connectivity index is 2.61. The van der Waals surface area contributed by atoms with E-state index in [9.17, 15) is 27.7 Å². The van der Waals surface area contributed by atoms with E-state index >= 15 is 0 Å². The lowest BCUT2D eigenvalue weighted by Crippen LogP contribution is -2.07. The molecule has 2 aromatic carbocycles. The molecule has 0 amide bonds. The third kappa shape index (κ3) is 2.61. The maximum atomic E-state index is 13.8. The van der Waals surface area contributed by atoms with Gasteiger partial charge in [-0.05, 0) is 17.7 Å². The summed E-state index contributed by atoms with van der Waals surface area (Å²) in [5.41, 5.74) is -2.19. The van der Waals surface area contributed by atoms with E-state index in [-0.39, 0.29) is 11.1 Å². The van der Waals surface area contributed by atoms with Crippen molar-refractivity contribution >= 4 is 5.69 Å². The van der Waals surface area contributed by atoms with Crippen LogP contribution in [0.4, 0.5) is 23.2 Å². The van der Waals surface area contributed by atoms with Gasteiger partial charge in [0.25, 0.3) is 5.69 Å². The lowest BCUT2D eigenvalue weighted by Gasteiger charge is -2.13. The van der Waals surface area contributed by atoms with E-state index in [2.05, 4.69) is 0 Å². The molecule has 0 fully saturated rings. The molecule has 3 nitrogen and oxygen atoms in total. The van der Waals surface area contributed by atoms with E-state index in [1.165, 1.54) is 12.1 Å². The molecule has 2 rings (SSSR count). The van der Waals surface area contributed by atoms with E-state index in [4.69, 9.17) is 0 Å². The minimum Gasteiger partial charge on any atom is -0.258 e. The summed E-state index contributed by atoms with van der Waals surface area (Å²) in [5, 5.41) is 10.5. The third-order valence-corrected chi connectivity index (χ3v) is 2.69. The summed E-state index contributed by atoms with van der Waals surface area (Å²) < 4.78 is 52.3. The molecule has 0 unspecified atom stereocenters. The van der Waals surface area contributed by atoms with Crippen LogP contribution in [0.5, 0.6) is 0 Å². The Morgan fingerprint density at radius 2 is 1.65 bits per heavy atom. The summed E-state index contributed by atoms with van der Waals surface area (Å²) in [5.74, 6) is -1.07. The summed E-state index contributed by atoms with van der Waals surface area (Å²) in [6.45, 7) is 0. The molecule has 0 heterocycles. The fraction of sp³-hybridized carbons (Fsp3) is 0.0769. The van der Waals surface area contributed by atoms with Crippen molar-refractivity contribution in [3.05, 3.63) is 64.0 Å². The molecule has 0 aromatic heterocycles. The minimum absolute atomic E-state index is 0.330. The Morgan fingerprint density at radius 3 is 2.20 bits per heavy atom. The number of halogens is 4. The standard InChI is InChI=1S/C13H7F4NO2/c14-12-7-8(18(19)20)5-6-10(12)9-3-1-2-4-11(9)13(15,16)17/h1-7H. The maximum Gasteiger partial charge on any atom is 0.417 e. The first-order chi connectivity index (χ1) is 9.30. The van der Waals surface area contributed by atoms with Crippen molar-refractivity contribution in [1.29, 1.82) is 0 Å². The number of nitro groups is 1. The molecule has 104 valence electrons. The van der Waals surface area contributed by atoms with Crippen molar-refractivity contribution in [3.63, 3.8) is 0 Å². The third-order valence-electron chi connectivity index (χ3n) is 2.69. The first kappa shape index (κ1) is 14.0. The number of non-ortho nitro benzene ring substituents is 1. The molecule has 0 aliphatic rings. The first-order valence-electron chi connectivity index (χ1n) is 5.41. The summed E-state index contributed by atoms with van der Waals surface area (Å²) in [7, 11) is 0. The molecule has 2 aromatic rings. The second-order valence-electron chi connectivity index (χ2n) is 3.96. The molecule has 0 atom stereocenters. The summed E-state index contributed by atoms with van der Waals surface area (Å²) in [4.78, 5) is 9.67. The van der Waals surface area contributed by atoms with Crippen LogP contribution in [0, 0.1) is 15.9 Å². The summed E-state index contributed by atoms with van der Waals surface area (Å²) in [6, 6.07) is 7.01. The van der Waals surface area contributed by atoms with Crippen molar-refractivity contribution in [2.45, 2.75) is 6.18 Å². The van der Waals surface area contributed by atoms with Crippen LogP contribution in [0.15, 0.2) is 42.5 Å². The minimum atomic E-state index is -4.63. The smallest absolute Gasteiger partial charge is 0.258 e. The first-order valence-corrected chi connectivity index (χ1v) is 5.41. The highest BCUT2D eigenvalue weighted by atomic mass is 19.4. The molecular formula is C13H7F4NO2. The van der Waals surface area contributed by atoms with Crippen molar-refractivity contribution in [2.75, 3.05) is 0 Å². The Labute approximate surface area is 110 Å². The molecule has 0 saturated heterocycles. The molecule has 0 bridgehead atoms. The largest absolute Gasteiger partial charge is 0.417 e. The van der Waals surface area contributed by atoms with Crippen LogP contribution in [-0.2, 0) is 6.18 Å². The van der Waals surface area contributed by atoms with Crippen molar-refractivity contribution < 1.29 is 22.5 Å². The van der Waals surface area contributed by atoms with Gasteiger partial charge < -0.3 is 0 Å². The topological polar surface area (TPSA) is 43.1 Å². The van der Waals surface area contributed by atoms with Gasteiger partial charge in [0.2, 0.25) is 0 Å². The molecule has 0 aliphatic carbocycles. The Kier molecular flexibility index (Phi) is 3.44. The highest BCUT2D eigenvalue weighted by Gasteiger charge is 2.34. The normalized spacial score (nSPS) is 11.4. The molecule has 0 saturated carbocycles. The molecule has 0 aliphatic heterocycles. The number of nitrogens with zero attached hydrogens (tertiary/aromatic N) is 1. The zero-order valence-electron chi connectivity index (χ0n) is 9.82. The van der Waals surface area contributed by atoms with Gasteiger partial charge in [-0.1, -0.05) is 18.2 Å². The van der Waals surface area contributed by atoms with Crippen molar-refractivity contribution in [3.8, 4) is 11.1 Å². The van der Waals surface area contributed by atoms with Gasteiger partial charge in [-0.2, -0.15) is 13.2 Å². The zero-order valence-corrected chi connectivity index (χ0v) is 9.82. The molecule has 20 heavy (non-hydrogen) atoms. The number of nitro benzene ring substituents is 1. The van der Waals surface area contributed by atoms with E-state index in [0.29, 0.717) is 6.07 Å². The lowest BCUT2D eigenvalue weighted by atomic mass is 9.98. The number of hydrogen-bond donors (Lipinski definition) is 0. The van der Waals surface area contributed by atoms with E-state index in [1.54, 1.807) is 0 Å². The average molecular weight is 285 g/mol. The van der Waals surface area contributed by atoms with Gasteiger partial charge >= 0.3 is 6.18 Å². The van der Waals surface area contributed by atoms with E-state index in [0.717, 1.165) is 24.3 Å². The Bertz CT molecular complexity index is 668. The van der Waals surface area contributed by atoms with Crippen LogP contribution < -0.4 is 0 Å². The van der Waals surface area contributed by atoms with Gasteiger partial charge in [-0.3, -0.25) is 10.1 Å². The number of rotatable bonds is 2. The molecule has 0 N–H and O–H groups in total. The van der Waals surface area contributed by atoms with Gasteiger partial charge in [0.15, 0.2) is 0 Å². The fourth-order valence-corrected chi connectivity index (χ4v) is 1.80. The predicted molar refractivity (Wildman–Crippen MR) is 63.5 cm³/mol. The van der Waals surface area contributed by atoms with Gasteiger partial charge in [0.1, 0.15) is 5.82 Å². The van der Waals surface area contributed by atoms with Crippen LogP contribution in [-0.4, -0.2) is 4.92 Å². The van der Waals surface area contributed by atoms with Crippen LogP contribution in [0.2, 0.25) is 0 Å². The van der Waals surface area contributed by atoms with Crippen LogP contribution in [0.3, 0.4) is 0 Å².